The molecule has 2 aromatic rings. The van der Waals surface area contributed by atoms with Crippen molar-refractivity contribution >= 4 is 17.5 Å². The van der Waals surface area contributed by atoms with E-state index in [-0.39, 0.29) is 11.7 Å². The highest BCUT2D eigenvalue weighted by atomic mass is 16.1. The maximum atomic E-state index is 12.9. The van der Waals surface area contributed by atoms with Gasteiger partial charge in [0, 0.05) is 39.6 Å². The highest BCUT2D eigenvalue weighted by Crippen LogP contribution is 2.35. The largest absolute Gasteiger partial charge is 0.372 e. The van der Waals surface area contributed by atoms with Crippen LogP contribution in [0.1, 0.15) is 40.9 Å². The Balaban J connectivity index is 1.65. The van der Waals surface area contributed by atoms with Gasteiger partial charge in [-0.15, -0.1) is 0 Å². The topological polar surface area (TPSA) is 61.4 Å². The molecule has 2 aliphatic rings. The van der Waals surface area contributed by atoms with Gasteiger partial charge in [-0.25, -0.2) is 4.98 Å². The molecule has 0 amide bonds. The van der Waals surface area contributed by atoms with Gasteiger partial charge < -0.3 is 15.1 Å². The predicted octanol–water partition coefficient (Wildman–Crippen LogP) is 2.57. The van der Waals surface area contributed by atoms with Crippen LogP contribution in [0.3, 0.4) is 0 Å². The molecule has 6 nitrogen and oxygen atoms in total. The standard InChI is InChI=1S/C21H27N5O/c1-3-25-9-11-26(12-10-25)21-23-17-13-16(15-7-5-4-6-8-15)14-18(27)19(17)20(22-2)24-21/h4-8,16H,3,9-14H2,1-2H3,(H,22,23,24)/t16-/m0/s1. The van der Waals surface area contributed by atoms with Crippen LogP contribution < -0.4 is 10.2 Å². The summed E-state index contributed by atoms with van der Waals surface area (Å²) >= 11 is 0. The molecule has 1 aromatic carbocycles. The number of carbonyl (C=O) groups excluding carboxylic acids is 1. The highest BCUT2D eigenvalue weighted by molar-refractivity contribution is 6.03. The lowest BCUT2D eigenvalue weighted by Crippen LogP contribution is -2.47. The minimum Gasteiger partial charge on any atom is -0.372 e. The van der Waals surface area contributed by atoms with Gasteiger partial charge in [-0.2, -0.15) is 4.98 Å². The van der Waals surface area contributed by atoms with Crippen LogP contribution >= 0.6 is 0 Å². The summed E-state index contributed by atoms with van der Waals surface area (Å²) in [7, 11) is 1.83. The molecule has 6 heteroatoms. The van der Waals surface area contributed by atoms with E-state index in [1.807, 2.05) is 25.2 Å². The van der Waals surface area contributed by atoms with Gasteiger partial charge in [0.2, 0.25) is 5.95 Å². The molecule has 4 rings (SSSR count). The van der Waals surface area contributed by atoms with Crippen LogP contribution in [0.25, 0.3) is 0 Å². The van der Waals surface area contributed by atoms with Crippen molar-refractivity contribution in [1.29, 1.82) is 0 Å². The molecule has 1 saturated heterocycles. The molecule has 1 N–H and O–H groups in total. The number of hydrogen-bond acceptors (Lipinski definition) is 6. The molecule has 1 atom stereocenters. The van der Waals surface area contributed by atoms with Gasteiger partial charge in [-0.05, 0) is 24.4 Å². The van der Waals surface area contributed by atoms with E-state index in [0.717, 1.165) is 50.8 Å². The molecule has 2 heterocycles. The second-order valence-electron chi connectivity index (χ2n) is 7.30. The van der Waals surface area contributed by atoms with Crippen LogP contribution in [0.15, 0.2) is 30.3 Å². The van der Waals surface area contributed by atoms with Gasteiger partial charge in [-0.3, -0.25) is 4.79 Å². The van der Waals surface area contributed by atoms with Crippen molar-refractivity contribution in [2.75, 3.05) is 50.0 Å². The predicted molar refractivity (Wildman–Crippen MR) is 108 cm³/mol. The van der Waals surface area contributed by atoms with Gasteiger partial charge in [0.25, 0.3) is 0 Å². The summed E-state index contributed by atoms with van der Waals surface area (Å²) in [5.74, 6) is 1.74. The third kappa shape index (κ3) is 3.54. The van der Waals surface area contributed by atoms with E-state index < -0.39 is 0 Å². The first-order chi connectivity index (χ1) is 13.2. The van der Waals surface area contributed by atoms with E-state index in [9.17, 15) is 4.79 Å². The third-order valence-electron chi connectivity index (χ3n) is 5.73. The Hall–Kier alpha value is -2.47. The lowest BCUT2D eigenvalue weighted by atomic mass is 9.82. The number of piperazine rings is 1. The van der Waals surface area contributed by atoms with E-state index in [0.29, 0.717) is 17.8 Å². The highest BCUT2D eigenvalue weighted by Gasteiger charge is 2.31. The fraction of sp³-hybridized carbons (Fsp3) is 0.476. The van der Waals surface area contributed by atoms with Gasteiger partial charge in [0.1, 0.15) is 5.82 Å². The number of anilines is 2. The fourth-order valence-corrected chi connectivity index (χ4v) is 4.11. The zero-order valence-corrected chi connectivity index (χ0v) is 16.1. The molecule has 0 bridgehead atoms. The first kappa shape index (κ1) is 17.9. The van der Waals surface area contributed by atoms with Gasteiger partial charge in [0.05, 0.1) is 11.3 Å². The number of ketones is 1. The van der Waals surface area contributed by atoms with Crippen molar-refractivity contribution in [3.05, 3.63) is 47.2 Å². The normalized spacial score (nSPS) is 20.4. The Morgan fingerprint density at radius 3 is 2.48 bits per heavy atom. The number of likely N-dealkylation sites (N-methyl/N-ethyl adjacent to an activating group) is 1. The van der Waals surface area contributed by atoms with Crippen molar-refractivity contribution in [3.8, 4) is 0 Å². The molecule has 1 fully saturated rings. The van der Waals surface area contributed by atoms with Gasteiger partial charge in [0.15, 0.2) is 5.78 Å². The molecular weight excluding hydrogens is 338 g/mol. The van der Waals surface area contributed by atoms with Crippen molar-refractivity contribution in [3.63, 3.8) is 0 Å². The van der Waals surface area contributed by atoms with E-state index in [4.69, 9.17) is 9.97 Å². The smallest absolute Gasteiger partial charge is 0.227 e. The van der Waals surface area contributed by atoms with E-state index >= 15 is 0 Å². The van der Waals surface area contributed by atoms with Gasteiger partial charge >= 0.3 is 0 Å². The molecule has 142 valence electrons. The second kappa shape index (κ2) is 7.64. The quantitative estimate of drug-likeness (QED) is 0.899. The summed E-state index contributed by atoms with van der Waals surface area (Å²) in [5, 5.41) is 3.13. The molecule has 1 aliphatic carbocycles. The summed E-state index contributed by atoms with van der Waals surface area (Å²) in [6, 6.07) is 10.3. The molecule has 1 aromatic heterocycles. The van der Waals surface area contributed by atoms with Crippen LogP contribution in [-0.2, 0) is 6.42 Å². The Bertz CT molecular complexity index is 815. The number of nitrogens with zero attached hydrogens (tertiary/aromatic N) is 4. The van der Waals surface area contributed by atoms with Crippen molar-refractivity contribution in [2.24, 2.45) is 0 Å². The number of aromatic nitrogens is 2. The molecule has 0 radical (unpaired) electrons. The second-order valence-corrected chi connectivity index (χ2v) is 7.30. The van der Waals surface area contributed by atoms with E-state index in [1.54, 1.807) is 0 Å². The molecule has 0 unspecified atom stereocenters. The van der Waals surface area contributed by atoms with Crippen LogP contribution in [0.4, 0.5) is 11.8 Å². The van der Waals surface area contributed by atoms with Crippen molar-refractivity contribution in [1.82, 2.24) is 14.9 Å². The fourth-order valence-electron chi connectivity index (χ4n) is 4.11. The zero-order valence-electron chi connectivity index (χ0n) is 16.1. The monoisotopic (exact) mass is 365 g/mol. The Morgan fingerprint density at radius 1 is 1.07 bits per heavy atom. The minimum absolute atomic E-state index is 0.136. The minimum atomic E-state index is 0.136. The summed E-state index contributed by atoms with van der Waals surface area (Å²) < 4.78 is 0. The van der Waals surface area contributed by atoms with Crippen LogP contribution in [-0.4, -0.2) is 60.4 Å². The van der Waals surface area contributed by atoms with Gasteiger partial charge in [-0.1, -0.05) is 37.3 Å². The number of carbonyl (C=O) groups is 1. The average Bonchev–Trinajstić information content (AvgIpc) is 2.73. The van der Waals surface area contributed by atoms with Crippen LogP contribution in [0.2, 0.25) is 0 Å². The summed E-state index contributed by atoms with van der Waals surface area (Å²) in [6.45, 7) is 7.17. The number of benzene rings is 1. The van der Waals surface area contributed by atoms with Crippen LogP contribution in [0.5, 0.6) is 0 Å². The zero-order chi connectivity index (χ0) is 18.8. The lowest BCUT2D eigenvalue weighted by Gasteiger charge is -2.35. The number of hydrogen-bond donors (Lipinski definition) is 1. The Labute approximate surface area is 160 Å². The first-order valence-electron chi connectivity index (χ1n) is 9.83. The molecule has 0 spiro atoms. The van der Waals surface area contributed by atoms with E-state index in [1.165, 1.54) is 5.56 Å². The van der Waals surface area contributed by atoms with Crippen molar-refractivity contribution in [2.45, 2.75) is 25.7 Å². The summed E-state index contributed by atoms with van der Waals surface area (Å²) in [6.07, 6.45) is 1.30. The molecule has 0 saturated carbocycles. The van der Waals surface area contributed by atoms with Crippen molar-refractivity contribution < 1.29 is 4.79 Å². The van der Waals surface area contributed by atoms with Crippen LogP contribution in [0, 0.1) is 0 Å². The number of Topliss-reactive ketones (excluding diaryl/α,β-unsaturated/α-hetero) is 1. The molecule has 27 heavy (non-hydrogen) atoms. The first-order valence-corrected chi connectivity index (χ1v) is 9.83. The SMILES string of the molecule is CCN1CCN(c2nc3c(c(NC)n2)C(=O)C[C@@H](c2ccccc2)C3)CC1. The Kier molecular flexibility index (Phi) is 5.07. The number of rotatable bonds is 4. The molecule has 1 aliphatic heterocycles. The summed E-state index contributed by atoms with van der Waals surface area (Å²) in [5.41, 5.74) is 2.77. The molecular formula is C21H27N5O. The third-order valence-corrected chi connectivity index (χ3v) is 5.73. The summed E-state index contributed by atoms with van der Waals surface area (Å²) in [4.78, 5) is 27.1. The number of fused-ring (bicyclic) bond motifs is 1. The average molecular weight is 365 g/mol. The van der Waals surface area contributed by atoms with E-state index in [2.05, 4.69) is 34.2 Å². The lowest BCUT2D eigenvalue weighted by molar-refractivity contribution is 0.0963. The maximum Gasteiger partial charge on any atom is 0.227 e. The maximum absolute atomic E-state index is 12.9. The number of nitrogens with one attached hydrogen (secondary N) is 1. The Morgan fingerprint density at radius 2 is 1.81 bits per heavy atom.